The number of nitrogens with one attached hydrogen (secondary N) is 2. The summed E-state index contributed by atoms with van der Waals surface area (Å²) in [6.07, 6.45) is -9.69. The van der Waals surface area contributed by atoms with E-state index in [-0.39, 0.29) is 46.4 Å². The molecule has 546 valence electrons. The number of aromatic nitrogens is 18. The van der Waals surface area contributed by atoms with Crippen molar-refractivity contribution < 1.29 is 114 Å². The van der Waals surface area contributed by atoms with E-state index >= 15 is 0 Å². The van der Waals surface area contributed by atoms with Crippen LogP contribution in [0.5, 0.6) is 23.5 Å². The molecule has 4 aliphatic heterocycles. The Morgan fingerprint density at radius 1 is 0.490 bits per heavy atom. The number of nitrogens with two attached hydrogens (primary N) is 4. The monoisotopic (exact) mass is 1420 g/mol. The minimum atomic E-state index is -1.34. The van der Waals surface area contributed by atoms with Crippen molar-refractivity contribution in [1.29, 1.82) is 0 Å². The highest BCUT2D eigenvalue weighted by atomic mass is 16.7. The molecule has 4 fully saturated rings. The van der Waals surface area contributed by atoms with Crippen molar-refractivity contribution in [2.45, 2.75) is 119 Å². The van der Waals surface area contributed by atoms with Crippen molar-refractivity contribution in [2.24, 2.45) is 37.0 Å². The van der Waals surface area contributed by atoms with E-state index in [1.807, 2.05) is 0 Å². The van der Waals surface area contributed by atoms with Crippen LogP contribution in [-0.4, -0.2) is 286 Å². The normalized spacial score (nSPS) is 25.8. The molecule has 100 heavy (non-hydrogen) atoms. The van der Waals surface area contributed by atoms with Gasteiger partial charge in [0.1, 0.15) is 98.6 Å². The zero-order chi connectivity index (χ0) is 74.2. The Morgan fingerprint density at radius 2 is 0.840 bits per heavy atom. The number of hydrogen-bond acceptors (Lipinski definition) is 36. The molecule has 4 saturated heterocycles. The van der Waals surface area contributed by atoms with Crippen molar-refractivity contribution in [3.05, 3.63) is 93.1 Å². The Morgan fingerprint density at radius 3 is 1.18 bits per heavy atom. The van der Waals surface area contributed by atoms with Gasteiger partial charge in [0.05, 0.1) is 18.8 Å². The third kappa shape index (κ3) is 15.8. The molecule has 49 nitrogen and oxygen atoms in total. The van der Waals surface area contributed by atoms with Gasteiger partial charge < -0.3 is 123 Å². The van der Waals surface area contributed by atoms with Gasteiger partial charge in [-0.3, -0.25) is 42.2 Å². The van der Waals surface area contributed by atoms with Crippen LogP contribution >= 0.6 is 0 Å². The fourth-order valence-corrected chi connectivity index (χ4v) is 9.67. The van der Waals surface area contributed by atoms with Crippen molar-refractivity contribution in [1.82, 2.24) is 97.6 Å². The van der Waals surface area contributed by atoms with Crippen LogP contribution in [0.15, 0.2) is 47.6 Å². The quantitative estimate of drug-likeness (QED) is 0.0481. The predicted molar refractivity (Wildman–Crippen MR) is 322 cm³/mol. The number of imidazole rings is 6. The van der Waals surface area contributed by atoms with E-state index in [0.717, 1.165) is 63.0 Å². The zero-order valence-corrected chi connectivity index (χ0v) is 53.6. The first-order valence-electron chi connectivity index (χ1n) is 28.9. The molecule has 22 N–H and O–H groups in total. The molecule has 8 aromatic heterocycles. The summed E-state index contributed by atoms with van der Waals surface area (Å²) in [5, 5.41) is 136. The molecular formula is C51H72N24O25. The van der Waals surface area contributed by atoms with Crippen LogP contribution in [0.2, 0.25) is 0 Å². The first-order valence-corrected chi connectivity index (χ1v) is 28.9. The third-order valence-electron chi connectivity index (χ3n) is 15.0. The van der Waals surface area contributed by atoms with Gasteiger partial charge >= 0.3 is 11.4 Å². The predicted octanol–water partition coefficient (Wildman–Crippen LogP) is -10.8. The number of ether oxygens (including phenoxy) is 6. The van der Waals surface area contributed by atoms with Gasteiger partial charge in [0, 0.05) is 41.9 Å². The van der Waals surface area contributed by atoms with E-state index in [0.29, 0.717) is 12.2 Å². The molecule has 49 heteroatoms. The van der Waals surface area contributed by atoms with Gasteiger partial charge in [-0.1, -0.05) is 10.4 Å². The highest BCUT2D eigenvalue weighted by molar-refractivity contribution is 5.97. The number of nitrogens with zero attached hydrogens (tertiary/aromatic N) is 18. The number of aliphatic hydroxyl groups excluding tert-OH is 8. The number of carbonyl (C=O) groups is 5. The molecule has 8 aromatic rings. The van der Waals surface area contributed by atoms with Crippen molar-refractivity contribution in [2.75, 3.05) is 34.9 Å². The summed E-state index contributed by atoms with van der Waals surface area (Å²) in [4.78, 5) is 100. The largest absolute Gasteiger partial charge is 0.493 e. The summed E-state index contributed by atoms with van der Waals surface area (Å²) in [7, 11) is 9.02. The summed E-state index contributed by atoms with van der Waals surface area (Å²) in [6.45, 7) is 3.80. The topological polar surface area (TPSA) is 713 Å². The van der Waals surface area contributed by atoms with Gasteiger partial charge in [0.15, 0.2) is 71.0 Å². The number of methoxy groups -OCH3 is 2. The molecule has 0 aliphatic carbocycles. The summed E-state index contributed by atoms with van der Waals surface area (Å²) in [5.74, 6) is -6.06. The second kappa shape index (κ2) is 32.4. The lowest BCUT2D eigenvalue weighted by atomic mass is 10.1. The Balaban J connectivity index is 0.000000169. The van der Waals surface area contributed by atoms with E-state index in [4.69, 9.17) is 51.4 Å². The van der Waals surface area contributed by atoms with Crippen molar-refractivity contribution in [3.63, 3.8) is 0 Å². The summed E-state index contributed by atoms with van der Waals surface area (Å²) in [6, 6.07) is 0. The lowest BCUT2D eigenvalue weighted by Crippen LogP contribution is -2.33. The smallest absolute Gasteiger partial charge is 0.352 e. The minimum absolute atomic E-state index is 0.0763. The molecule has 0 aromatic carbocycles. The first-order chi connectivity index (χ1) is 47.2. The number of aliphatic hydroxyl groups is 8. The van der Waals surface area contributed by atoms with Gasteiger partial charge in [-0.25, -0.2) is 48.3 Å². The number of fused-ring (bicyclic) bond motifs is 2. The fraction of sp³-hybridized carbons (Fsp3) is 0.510. The average molecular weight is 1420 g/mol. The second-order valence-electron chi connectivity index (χ2n) is 21.6. The van der Waals surface area contributed by atoms with Crippen LogP contribution in [0.3, 0.4) is 0 Å². The SMILES string of the molecule is CNC(=O)c1ncn2c(=O)n(C)nnc12.CNCc1ncn2c(=O)n(C)nnc12.COC[C@H]1O[C@@H](n2cnc(C(N)=O)c2O)[C@H](O)[C@@H]1O.CO[C@H]1O[C@@H](n2cnc(C(N)=O)c2O)[C@H](O)[C@@H]1O.C[C@H]1O[C@@H](n2cnc(C(N)=O)c2O)[C@H](O)[C@@H]1O.C[C@H]1O[C@@H](n2cnc(C(N)=O)c2O)[C@H](O)[C@@H]1O. The van der Waals surface area contributed by atoms with Crippen LogP contribution in [0.1, 0.15) is 96.9 Å². The molecule has 5 amide bonds. The molecule has 0 saturated carbocycles. The van der Waals surface area contributed by atoms with Crippen LogP contribution < -0.4 is 44.9 Å². The molecule has 16 atom stereocenters. The Bertz CT molecular complexity index is 4230. The van der Waals surface area contributed by atoms with Crippen LogP contribution in [0, 0.1) is 0 Å². The molecular weight excluding hydrogens is 1350 g/mol. The Labute approximate surface area is 558 Å². The number of carbonyl (C=O) groups excluding carboxylic acids is 5. The number of aromatic hydroxyl groups is 4. The third-order valence-corrected chi connectivity index (χ3v) is 15.0. The fourth-order valence-electron chi connectivity index (χ4n) is 9.67. The molecule has 0 spiro atoms. The number of hydrogen-bond donors (Lipinski definition) is 18. The van der Waals surface area contributed by atoms with E-state index < -0.39 is 157 Å². The zero-order valence-electron chi connectivity index (χ0n) is 53.6. The summed E-state index contributed by atoms with van der Waals surface area (Å²) >= 11 is 0. The number of rotatable bonds is 14. The van der Waals surface area contributed by atoms with Crippen LogP contribution in [0.25, 0.3) is 11.3 Å². The summed E-state index contributed by atoms with van der Waals surface area (Å²) < 4.78 is 39.6. The van der Waals surface area contributed by atoms with E-state index in [9.17, 15) is 94.8 Å². The first kappa shape index (κ1) is 76.7. The van der Waals surface area contributed by atoms with Crippen molar-refractivity contribution in [3.8, 4) is 23.5 Å². The van der Waals surface area contributed by atoms with Crippen molar-refractivity contribution >= 4 is 40.8 Å². The molecule has 12 heterocycles. The van der Waals surface area contributed by atoms with Gasteiger partial charge in [0.25, 0.3) is 29.5 Å². The number of aryl methyl sites for hydroxylation is 2. The molecule has 4 aliphatic rings. The van der Waals surface area contributed by atoms with Gasteiger partial charge in [0.2, 0.25) is 23.5 Å². The number of primary amides is 4. The van der Waals surface area contributed by atoms with Gasteiger partial charge in [-0.15, -0.1) is 10.2 Å². The molecule has 0 radical (unpaired) electrons. The Kier molecular flexibility index (Phi) is 24.8. The molecule has 0 bridgehead atoms. The lowest BCUT2D eigenvalue weighted by molar-refractivity contribution is -0.161. The second-order valence-corrected chi connectivity index (χ2v) is 21.6. The summed E-state index contributed by atoms with van der Waals surface area (Å²) in [5.41, 5.74) is 19.5. The van der Waals surface area contributed by atoms with E-state index in [1.165, 1.54) is 45.4 Å². The standard InChI is InChI=1S/C10H15N3O6.C9H13N3O6.2C9H13N3O5.C7H8N6O2.C7H10N6O/c1-18-2-4-6(14)7(15)10(19-4)13-3-12-5(8(11)16)9(13)17;1-17-9-5(14)4(13)8(18-9)12-2-11-3(6(10)15)7(12)16;2*1-3-5(13)6(14)9(17-3)12-2-11-4(7(10)15)8(12)16;1-8-6(14)4-5-10-11-12(2)7(15)13(5)3-9-4;1-8-3-5-6-10-11-12(2)7(14)13(6)4-9-5/h3-4,6-7,10,14-15,17H,2H2,1H3,(H2,11,16);2,4-5,8-9,13-14,16H,1H3,(H2,10,15);2*2-3,5-6,9,13-14,16H,1H3,(H2,10,15);3H,1-2H3,(H,8,14);4,8H,3H2,1-2H3/t4-,6-,7-,10-;4-,5+,8-,9+;2*3-,5-,6-,9-;;/m1111../s1. The number of amides is 5. The highest BCUT2D eigenvalue weighted by Crippen LogP contribution is 2.37. The van der Waals surface area contributed by atoms with Gasteiger partial charge in [-0.05, 0) is 20.9 Å². The molecule has 12 rings (SSSR count). The van der Waals surface area contributed by atoms with E-state index in [2.05, 4.69) is 61.2 Å². The van der Waals surface area contributed by atoms with Crippen LogP contribution in [-0.2, 0) is 49.1 Å². The van der Waals surface area contributed by atoms with Crippen LogP contribution in [0.4, 0.5) is 0 Å². The lowest BCUT2D eigenvalue weighted by Gasteiger charge is -2.16. The molecule has 0 unspecified atom stereocenters. The minimum Gasteiger partial charge on any atom is -0.493 e. The maximum atomic E-state index is 11.5. The average Bonchev–Trinajstić information content (AvgIpc) is 1.66. The van der Waals surface area contributed by atoms with E-state index in [1.54, 1.807) is 27.9 Å². The Hall–Kier alpha value is -10.6. The maximum Gasteiger partial charge on any atom is 0.352 e. The maximum absolute atomic E-state index is 11.5. The van der Waals surface area contributed by atoms with Gasteiger partial charge in [-0.2, -0.15) is 9.36 Å². The highest BCUT2D eigenvalue weighted by Gasteiger charge is 2.47.